The molecule has 0 saturated carbocycles. The maximum atomic E-state index is 5.75. The van der Waals surface area contributed by atoms with Crippen molar-refractivity contribution >= 4 is 21.8 Å². The number of aryl methyl sites for hydroxylation is 1. The second kappa shape index (κ2) is 8.91. The molecule has 1 heterocycles. The van der Waals surface area contributed by atoms with Crippen molar-refractivity contribution in [2.24, 2.45) is 5.73 Å². The molecule has 0 fully saturated rings. The van der Waals surface area contributed by atoms with E-state index in [1.54, 1.807) is 0 Å². The van der Waals surface area contributed by atoms with E-state index in [2.05, 4.69) is 54.0 Å². The smallest absolute Gasteiger partial charge is 0.121 e. The zero-order chi connectivity index (χ0) is 17.5. The Morgan fingerprint density at radius 1 is 0.880 bits per heavy atom. The summed E-state index contributed by atoms with van der Waals surface area (Å²) in [4.78, 5) is 0. The fraction of sp³-hybridized carbons (Fsp3) is 0.455. The predicted octanol–water partition coefficient (Wildman–Crippen LogP) is 5.49. The Morgan fingerprint density at radius 3 is 2.48 bits per heavy atom. The molecule has 0 aliphatic carbocycles. The average Bonchev–Trinajstić information content (AvgIpc) is 2.96. The van der Waals surface area contributed by atoms with Gasteiger partial charge in [-0.1, -0.05) is 57.2 Å². The van der Waals surface area contributed by atoms with Crippen LogP contribution in [0.4, 0.5) is 0 Å². The lowest BCUT2D eigenvalue weighted by atomic mass is 10.1. The third-order valence-corrected chi connectivity index (χ3v) is 4.87. The van der Waals surface area contributed by atoms with Gasteiger partial charge in [0.15, 0.2) is 0 Å². The fourth-order valence-corrected chi connectivity index (χ4v) is 3.59. The molecule has 1 aromatic heterocycles. The third-order valence-electron chi connectivity index (χ3n) is 4.87. The molecule has 2 aromatic carbocycles. The van der Waals surface area contributed by atoms with E-state index in [9.17, 15) is 0 Å². The predicted molar refractivity (Wildman–Crippen MR) is 107 cm³/mol. The lowest BCUT2D eigenvalue weighted by Gasteiger charge is -2.09. The zero-order valence-electron chi connectivity index (χ0n) is 15.3. The van der Waals surface area contributed by atoms with E-state index in [0.717, 1.165) is 12.3 Å². The molecule has 25 heavy (non-hydrogen) atoms. The second-order valence-electron chi connectivity index (χ2n) is 6.75. The van der Waals surface area contributed by atoms with Gasteiger partial charge < -0.3 is 15.0 Å². The third kappa shape index (κ3) is 4.16. The molecule has 0 saturated heterocycles. The monoisotopic (exact) mass is 338 g/mol. The lowest BCUT2D eigenvalue weighted by Crippen LogP contribution is -2.10. The van der Waals surface area contributed by atoms with Crippen molar-refractivity contribution in [1.82, 2.24) is 4.57 Å². The Labute approximate surface area is 150 Å². The molecule has 2 N–H and O–H groups in total. The topological polar surface area (TPSA) is 40.2 Å². The van der Waals surface area contributed by atoms with Gasteiger partial charge in [0.05, 0.1) is 5.52 Å². The number of unbranched alkanes of at least 4 members (excludes halogenated alkanes) is 5. The van der Waals surface area contributed by atoms with E-state index < -0.39 is 0 Å². The van der Waals surface area contributed by atoms with E-state index in [1.165, 1.54) is 60.3 Å². The minimum atomic E-state index is 0.540. The summed E-state index contributed by atoms with van der Waals surface area (Å²) in [5.41, 5.74) is 8.15. The van der Waals surface area contributed by atoms with Gasteiger partial charge in [-0.2, -0.15) is 0 Å². The Kier molecular flexibility index (Phi) is 6.35. The van der Waals surface area contributed by atoms with Gasteiger partial charge in [0.2, 0.25) is 0 Å². The number of ether oxygens (including phenoxy) is 1. The van der Waals surface area contributed by atoms with Crippen LogP contribution in [0.5, 0.6) is 5.75 Å². The second-order valence-corrected chi connectivity index (χ2v) is 6.75. The summed E-state index contributed by atoms with van der Waals surface area (Å²) in [6.07, 6.45) is 7.90. The van der Waals surface area contributed by atoms with Crippen LogP contribution in [0.1, 0.15) is 45.4 Å². The van der Waals surface area contributed by atoms with Crippen LogP contribution in [0.25, 0.3) is 21.8 Å². The first kappa shape index (κ1) is 17.8. The van der Waals surface area contributed by atoms with Crippen molar-refractivity contribution in [2.45, 2.75) is 52.0 Å². The molecular weight excluding hydrogens is 308 g/mol. The molecule has 3 rings (SSSR count). The Hall–Kier alpha value is -2.00. The Bertz CT molecular complexity index is 806. The SMILES string of the molecule is CCCCCCCCn1c2ccccc2c2ccc(OCCN)cc21. The van der Waals surface area contributed by atoms with Gasteiger partial charge in [0, 0.05) is 35.4 Å². The van der Waals surface area contributed by atoms with Gasteiger partial charge >= 0.3 is 0 Å². The van der Waals surface area contributed by atoms with Crippen LogP contribution in [0.2, 0.25) is 0 Å². The van der Waals surface area contributed by atoms with Crippen LogP contribution in [0.3, 0.4) is 0 Å². The first-order valence-electron chi connectivity index (χ1n) is 9.69. The molecule has 3 aromatic rings. The highest BCUT2D eigenvalue weighted by Gasteiger charge is 2.11. The highest BCUT2D eigenvalue weighted by atomic mass is 16.5. The van der Waals surface area contributed by atoms with Gasteiger partial charge in [-0.15, -0.1) is 0 Å². The number of nitrogens with zero attached hydrogens (tertiary/aromatic N) is 1. The van der Waals surface area contributed by atoms with Crippen molar-refractivity contribution in [1.29, 1.82) is 0 Å². The summed E-state index contributed by atoms with van der Waals surface area (Å²) in [6, 6.07) is 15.1. The molecule has 0 bridgehead atoms. The van der Waals surface area contributed by atoms with Crippen LogP contribution in [0, 0.1) is 0 Å². The van der Waals surface area contributed by atoms with Crippen LogP contribution in [0.15, 0.2) is 42.5 Å². The number of hydrogen-bond acceptors (Lipinski definition) is 2. The van der Waals surface area contributed by atoms with Crippen molar-refractivity contribution in [3.63, 3.8) is 0 Å². The summed E-state index contributed by atoms with van der Waals surface area (Å²) in [5, 5.41) is 2.63. The molecule has 0 amide bonds. The highest BCUT2D eigenvalue weighted by Crippen LogP contribution is 2.32. The lowest BCUT2D eigenvalue weighted by molar-refractivity contribution is 0.328. The van der Waals surface area contributed by atoms with Crippen molar-refractivity contribution in [3.05, 3.63) is 42.5 Å². The van der Waals surface area contributed by atoms with Gasteiger partial charge in [0.1, 0.15) is 12.4 Å². The maximum Gasteiger partial charge on any atom is 0.121 e. The maximum absolute atomic E-state index is 5.75. The number of benzene rings is 2. The van der Waals surface area contributed by atoms with Gasteiger partial charge in [0.25, 0.3) is 0 Å². The molecule has 3 nitrogen and oxygen atoms in total. The van der Waals surface area contributed by atoms with Gasteiger partial charge in [-0.3, -0.25) is 0 Å². The summed E-state index contributed by atoms with van der Waals surface area (Å²) in [5.74, 6) is 0.907. The largest absolute Gasteiger partial charge is 0.492 e. The summed E-state index contributed by atoms with van der Waals surface area (Å²) in [7, 11) is 0. The molecule has 3 heteroatoms. The van der Waals surface area contributed by atoms with Crippen LogP contribution >= 0.6 is 0 Å². The summed E-state index contributed by atoms with van der Waals surface area (Å²) < 4.78 is 8.20. The minimum Gasteiger partial charge on any atom is -0.492 e. The Morgan fingerprint density at radius 2 is 1.64 bits per heavy atom. The fourth-order valence-electron chi connectivity index (χ4n) is 3.59. The molecule has 0 unspecified atom stereocenters. The number of para-hydroxylation sites is 1. The number of aromatic nitrogens is 1. The quantitative estimate of drug-likeness (QED) is 0.496. The molecule has 0 aliphatic heterocycles. The minimum absolute atomic E-state index is 0.540. The van der Waals surface area contributed by atoms with E-state index in [4.69, 9.17) is 10.5 Å². The number of fused-ring (bicyclic) bond motifs is 3. The van der Waals surface area contributed by atoms with Crippen LogP contribution < -0.4 is 10.5 Å². The van der Waals surface area contributed by atoms with Crippen molar-refractivity contribution in [2.75, 3.05) is 13.2 Å². The van der Waals surface area contributed by atoms with Crippen molar-refractivity contribution < 1.29 is 4.74 Å². The molecule has 0 radical (unpaired) electrons. The zero-order valence-corrected chi connectivity index (χ0v) is 15.3. The summed E-state index contributed by atoms with van der Waals surface area (Å²) in [6.45, 7) is 4.43. The summed E-state index contributed by atoms with van der Waals surface area (Å²) >= 11 is 0. The average molecular weight is 338 g/mol. The number of hydrogen-bond donors (Lipinski definition) is 1. The molecule has 0 atom stereocenters. The highest BCUT2D eigenvalue weighted by molar-refractivity contribution is 6.08. The normalized spacial score (nSPS) is 11.4. The standard InChI is InChI=1S/C22H30N2O/c1-2-3-4-5-6-9-15-24-21-11-8-7-10-19(21)20-13-12-18(17-22(20)24)25-16-14-23/h7-8,10-13,17H,2-6,9,14-16,23H2,1H3. The van der Waals surface area contributed by atoms with Gasteiger partial charge in [-0.25, -0.2) is 0 Å². The van der Waals surface area contributed by atoms with Crippen molar-refractivity contribution in [3.8, 4) is 5.75 Å². The molecule has 0 spiro atoms. The van der Waals surface area contributed by atoms with Crippen LogP contribution in [-0.2, 0) is 6.54 Å². The van der Waals surface area contributed by atoms with E-state index in [1.807, 2.05) is 0 Å². The first-order valence-corrected chi connectivity index (χ1v) is 9.69. The number of nitrogens with two attached hydrogens (primary N) is 1. The van der Waals surface area contributed by atoms with E-state index in [0.29, 0.717) is 13.2 Å². The number of rotatable bonds is 10. The first-order chi connectivity index (χ1) is 12.3. The van der Waals surface area contributed by atoms with Crippen LogP contribution in [-0.4, -0.2) is 17.7 Å². The molecular formula is C22H30N2O. The van der Waals surface area contributed by atoms with E-state index in [-0.39, 0.29) is 0 Å². The molecule has 134 valence electrons. The van der Waals surface area contributed by atoms with E-state index >= 15 is 0 Å². The molecule has 0 aliphatic rings. The van der Waals surface area contributed by atoms with Gasteiger partial charge in [-0.05, 0) is 24.6 Å². The Balaban J connectivity index is 1.84.